The van der Waals surface area contributed by atoms with Gasteiger partial charge in [-0.1, -0.05) is 26.0 Å². The Morgan fingerprint density at radius 3 is 2.47 bits per heavy atom. The second-order valence-electron chi connectivity index (χ2n) is 4.75. The Bertz CT molecular complexity index is 555. The Morgan fingerprint density at radius 2 is 2.00 bits per heavy atom. The van der Waals surface area contributed by atoms with E-state index < -0.39 is 22.0 Å². The molecule has 1 aromatic carbocycles. The van der Waals surface area contributed by atoms with Gasteiger partial charge >= 0.3 is 0 Å². The number of carbonyl (C=O) groups is 1. The minimum Gasteiger partial charge on any atom is -0.399 e. The van der Waals surface area contributed by atoms with Crippen molar-refractivity contribution in [3.63, 3.8) is 0 Å². The highest BCUT2D eigenvalue weighted by atomic mass is 32.2. The van der Waals surface area contributed by atoms with Gasteiger partial charge in [-0.25, -0.2) is 13.1 Å². The number of nitrogen functional groups attached to an aromatic ring is 1. The molecule has 1 amide bonds. The molecule has 0 heterocycles. The van der Waals surface area contributed by atoms with E-state index in [9.17, 15) is 13.2 Å². The van der Waals surface area contributed by atoms with Crippen LogP contribution in [-0.2, 0) is 20.6 Å². The maximum Gasteiger partial charge on any atom is 0.235 e. The Hall–Kier alpha value is -1.60. The van der Waals surface area contributed by atoms with E-state index in [1.165, 1.54) is 0 Å². The van der Waals surface area contributed by atoms with Crippen molar-refractivity contribution in [3.05, 3.63) is 29.8 Å². The molecule has 0 spiro atoms. The van der Waals surface area contributed by atoms with Crippen LogP contribution in [0.5, 0.6) is 0 Å². The van der Waals surface area contributed by atoms with E-state index >= 15 is 0 Å². The second kappa shape index (κ2) is 6.03. The van der Waals surface area contributed by atoms with Crippen LogP contribution in [0.25, 0.3) is 0 Å². The first-order valence-electron chi connectivity index (χ1n) is 5.85. The Morgan fingerprint density at radius 1 is 1.37 bits per heavy atom. The van der Waals surface area contributed by atoms with Crippen molar-refractivity contribution < 1.29 is 13.2 Å². The number of primary amides is 1. The Labute approximate surface area is 113 Å². The standard InChI is InChI=1S/C12H19N3O3S/c1-8(2)11(12(14)16)15-19(17,18)7-9-4-3-5-10(13)6-9/h3-6,8,11,15H,7,13H2,1-2H3,(H2,14,16). The summed E-state index contributed by atoms with van der Waals surface area (Å²) >= 11 is 0. The van der Waals surface area contributed by atoms with Crippen LogP contribution in [0.4, 0.5) is 5.69 Å². The van der Waals surface area contributed by atoms with Gasteiger partial charge in [0.15, 0.2) is 0 Å². The van der Waals surface area contributed by atoms with Crippen LogP contribution in [-0.4, -0.2) is 20.4 Å². The molecule has 6 nitrogen and oxygen atoms in total. The van der Waals surface area contributed by atoms with Crippen molar-refractivity contribution in [2.75, 3.05) is 5.73 Å². The molecule has 106 valence electrons. The molecule has 0 saturated heterocycles. The Balaban J connectivity index is 2.84. The molecule has 1 atom stereocenters. The molecule has 0 fully saturated rings. The molecule has 1 unspecified atom stereocenters. The summed E-state index contributed by atoms with van der Waals surface area (Å²) in [6.45, 7) is 3.44. The molecule has 1 rings (SSSR count). The van der Waals surface area contributed by atoms with Gasteiger partial charge in [0.2, 0.25) is 15.9 Å². The number of sulfonamides is 1. The lowest BCUT2D eigenvalue weighted by Gasteiger charge is -2.18. The van der Waals surface area contributed by atoms with E-state index in [2.05, 4.69) is 4.72 Å². The maximum absolute atomic E-state index is 12.0. The SMILES string of the molecule is CC(C)C(NS(=O)(=O)Cc1cccc(N)c1)C(N)=O. The number of carbonyl (C=O) groups excluding carboxylic acids is 1. The highest BCUT2D eigenvalue weighted by Crippen LogP contribution is 2.11. The number of rotatable bonds is 6. The van der Waals surface area contributed by atoms with Crippen molar-refractivity contribution in [1.82, 2.24) is 4.72 Å². The lowest BCUT2D eigenvalue weighted by Crippen LogP contribution is -2.47. The molecule has 5 N–H and O–H groups in total. The van der Waals surface area contributed by atoms with Gasteiger partial charge < -0.3 is 11.5 Å². The summed E-state index contributed by atoms with van der Waals surface area (Å²) in [5, 5.41) is 0. The summed E-state index contributed by atoms with van der Waals surface area (Å²) in [4.78, 5) is 11.2. The number of amides is 1. The van der Waals surface area contributed by atoms with Gasteiger partial charge in [0.1, 0.15) is 6.04 Å². The molecule has 0 bridgehead atoms. The van der Waals surface area contributed by atoms with Crippen LogP contribution in [0.2, 0.25) is 0 Å². The lowest BCUT2D eigenvalue weighted by atomic mass is 10.1. The van der Waals surface area contributed by atoms with Crippen molar-refractivity contribution in [2.45, 2.75) is 25.6 Å². The molecule has 0 aliphatic rings. The van der Waals surface area contributed by atoms with E-state index in [1.54, 1.807) is 38.1 Å². The van der Waals surface area contributed by atoms with Crippen molar-refractivity contribution >= 4 is 21.6 Å². The van der Waals surface area contributed by atoms with E-state index in [0.29, 0.717) is 11.3 Å². The summed E-state index contributed by atoms with van der Waals surface area (Å²) < 4.78 is 26.3. The maximum atomic E-state index is 12.0. The van der Waals surface area contributed by atoms with Gasteiger partial charge in [0, 0.05) is 5.69 Å². The van der Waals surface area contributed by atoms with E-state index in [-0.39, 0.29) is 11.7 Å². The van der Waals surface area contributed by atoms with Gasteiger partial charge in [-0.05, 0) is 23.6 Å². The normalized spacial score (nSPS) is 13.4. The van der Waals surface area contributed by atoms with Crippen molar-refractivity contribution in [1.29, 1.82) is 0 Å². The van der Waals surface area contributed by atoms with E-state index in [4.69, 9.17) is 11.5 Å². The fourth-order valence-electron chi connectivity index (χ4n) is 1.66. The predicted molar refractivity (Wildman–Crippen MR) is 74.4 cm³/mol. The predicted octanol–water partition coefficient (Wildman–Crippen LogP) is 0.198. The average Bonchev–Trinajstić information content (AvgIpc) is 2.24. The molecule has 0 aliphatic heterocycles. The van der Waals surface area contributed by atoms with Crippen LogP contribution in [0.1, 0.15) is 19.4 Å². The zero-order valence-electron chi connectivity index (χ0n) is 11.0. The molecule has 0 saturated carbocycles. The molecular weight excluding hydrogens is 266 g/mol. The third-order valence-corrected chi connectivity index (χ3v) is 3.91. The number of hydrogen-bond acceptors (Lipinski definition) is 4. The van der Waals surface area contributed by atoms with Crippen LogP contribution >= 0.6 is 0 Å². The fraction of sp³-hybridized carbons (Fsp3) is 0.417. The monoisotopic (exact) mass is 285 g/mol. The average molecular weight is 285 g/mol. The highest BCUT2D eigenvalue weighted by Gasteiger charge is 2.25. The number of nitrogens with two attached hydrogens (primary N) is 2. The quantitative estimate of drug-likeness (QED) is 0.647. The summed E-state index contributed by atoms with van der Waals surface area (Å²) in [6, 6.07) is 5.67. The second-order valence-corrected chi connectivity index (χ2v) is 6.50. The lowest BCUT2D eigenvalue weighted by molar-refractivity contribution is -0.120. The highest BCUT2D eigenvalue weighted by molar-refractivity contribution is 7.88. The first kappa shape index (κ1) is 15.5. The molecule has 1 aromatic rings. The topological polar surface area (TPSA) is 115 Å². The number of hydrogen-bond donors (Lipinski definition) is 3. The smallest absolute Gasteiger partial charge is 0.235 e. The molecule has 0 aromatic heterocycles. The van der Waals surface area contributed by atoms with Gasteiger partial charge in [-0.15, -0.1) is 0 Å². The van der Waals surface area contributed by atoms with Crippen molar-refractivity contribution in [3.8, 4) is 0 Å². The van der Waals surface area contributed by atoms with Crippen molar-refractivity contribution in [2.24, 2.45) is 11.7 Å². The molecule has 7 heteroatoms. The van der Waals surface area contributed by atoms with Gasteiger partial charge in [-0.2, -0.15) is 0 Å². The third kappa shape index (κ3) is 4.88. The molecule has 0 radical (unpaired) electrons. The summed E-state index contributed by atoms with van der Waals surface area (Å²) in [7, 11) is -3.65. The van der Waals surface area contributed by atoms with Gasteiger partial charge in [-0.3, -0.25) is 4.79 Å². The zero-order valence-corrected chi connectivity index (χ0v) is 11.8. The van der Waals surface area contributed by atoms with Crippen LogP contribution < -0.4 is 16.2 Å². The van der Waals surface area contributed by atoms with E-state index in [0.717, 1.165) is 0 Å². The number of benzene rings is 1. The third-order valence-electron chi connectivity index (χ3n) is 2.59. The molecule has 19 heavy (non-hydrogen) atoms. The van der Waals surface area contributed by atoms with Gasteiger partial charge in [0.05, 0.1) is 5.75 Å². The van der Waals surface area contributed by atoms with Crippen LogP contribution in [0.3, 0.4) is 0 Å². The Kier molecular flexibility index (Phi) is 4.90. The summed E-state index contributed by atoms with van der Waals surface area (Å²) in [6.07, 6.45) is 0. The fourth-order valence-corrected chi connectivity index (χ4v) is 3.14. The van der Waals surface area contributed by atoms with Gasteiger partial charge in [0.25, 0.3) is 0 Å². The number of anilines is 1. The van der Waals surface area contributed by atoms with E-state index in [1.807, 2.05) is 0 Å². The molecular formula is C12H19N3O3S. The minimum absolute atomic E-state index is 0.215. The first-order chi connectivity index (χ1) is 8.71. The van der Waals surface area contributed by atoms with Crippen LogP contribution in [0.15, 0.2) is 24.3 Å². The summed E-state index contributed by atoms with van der Waals surface area (Å²) in [5.74, 6) is -1.14. The van der Waals surface area contributed by atoms with Crippen LogP contribution in [0, 0.1) is 5.92 Å². The minimum atomic E-state index is -3.65. The summed E-state index contributed by atoms with van der Waals surface area (Å²) in [5.41, 5.74) is 11.8. The number of nitrogens with one attached hydrogen (secondary N) is 1. The molecule has 0 aliphatic carbocycles. The largest absolute Gasteiger partial charge is 0.399 e. The zero-order chi connectivity index (χ0) is 14.6. The first-order valence-corrected chi connectivity index (χ1v) is 7.50.